The molecule has 2 aromatic rings. The Morgan fingerprint density at radius 3 is 2.82 bits per heavy atom. The Bertz CT molecular complexity index is 581. The number of nitrogens with zero attached hydrogens (tertiary/aromatic N) is 1. The molecule has 0 unspecified atom stereocenters. The van der Waals surface area contributed by atoms with Gasteiger partial charge >= 0.3 is 5.97 Å². The highest BCUT2D eigenvalue weighted by Crippen LogP contribution is 2.26. The molecular weight excluding hydrogens is 238 g/mol. The van der Waals surface area contributed by atoms with Crippen molar-refractivity contribution >= 4 is 28.5 Å². The molecule has 0 atom stereocenters. The van der Waals surface area contributed by atoms with E-state index in [0.29, 0.717) is 12.2 Å². The molecule has 3 nitrogen and oxygen atoms in total. The van der Waals surface area contributed by atoms with E-state index >= 15 is 0 Å². The van der Waals surface area contributed by atoms with E-state index in [4.69, 9.17) is 16.3 Å². The number of aryl methyl sites for hydroxylation is 1. The largest absolute Gasteiger partial charge is 0.462 e. The van der Waals surface area contributed by atoms with E-state index in [1.165, 1.54) is 0 Å². The third-order valence-electron chi connectivity index (χ3n) is 2.59. The SMILES string of the molecule is CCOC(=O)c1c(Cl)nc2ccccc2c1C. The lowest BCUT2D eigenvalue weighted by Crippen LogP contribution is -2.09. The maximum atomic E-state index is 11.8. The second-order valence-corrected chi connectivity index (χ2v) is 4.00. The van der Waals surface area contributed by atoms with Crippen molar-refractivity contribution in [3.05, 3.63) is 40.5 Å². The number of carbonyl (C=O) groups excluding carboxylic acids is 1. The van der Waals surface area contributed by atoms with Crippen molar-refractivity contribution in [2.75, 3.05) is 6.61 Å². The predicted octanol–water partition coefficient (Wildman–Crippen LogP) is 3.37. The van der Waals surface area contributed by atoms with Gasteiger partial charge in [-0.25, -0.2) is 9.78 Å². The van der Waals surface area contributed by atoms with Gasteiger partial charge in [-0.05, 0) is 25.5 Å². The first-order valence-electron chi connectivity index (χ1n) is 5.37. The van der Waals surface area contributed by atoms with Gasteiger partial charge in [-0.15, -0.1) is 0 Å². The van der Waals surface area contributed by atoms with Gasteiger partial charge in [0.15, 0.2) is 0 Å². The number of hydrogen-bond acceptors (Lipinski definition) is 3. The van der Waals surface area contributed by atoms with Crippen molar-refractivity contribution in [2.24, 2.45) is 0 Å². The monoisotopic (exact) mass is 249 g/mol. The van der Waals surface area contributed by atoms with Crippen LogP contribution in [0.4, 0.5) is 0 Å². The molecule has 2 rings (SSSR count). The molecule has 0 spiro atoms. The molecule has 0 aliphatic heterocycles. The van der Waals surface area contributed by atoms with Gasteiger partial charge in [0.05, 0.1) is 12.1 Å². The molecule has 4 heteroatoms. The number of benzene rings is 1. The Labute approximate surface area is 104 Å². The quantitative estimate of drug-likeness (QED) is 0.605. The maximum Gasteiger partial charge on any atom is 0.341 e. The van der Waals surface area contributed by atoms with E-state index < -0.39 is 5.97 Å². The number of hydrogen-bond donors (Lipinski definition) is 0. The normalized spacial score (nSPS) is 10.5. The highest BCUT2D eigenvalue weighted by atomic mass is 35.5. The van der Waals surface area contributed by atoms with Crippen LogP contribution in [0.5, 0.6) is 0 Å². The van der Waals surface area contributed by atoms with Crippen LogP contribution in [-0.4, -0.2) is 17.6 Å². The van der Waals surface area contributed by atoms with E-state index in [2.05, 4.69) is 4.98 Å². The highest BCUT2D eigenvalue weighted by molar-refractivity contribution is 6.33. The van der Waals surface area contributed by atoms with Crippen molar-refractivity contribution in [2.45, 2.75) is 13.8 Å². The Hall–Kier alpha value is -1.61. The molecule has 0 N–H and O–H groups in total. The standard InChI is InChI=1S/C13H12ClNO2/c1-3-17-13(16)11-8(2)9-6-4-5-7-10(9)15-12(11)14/h4-7H,3H2,1-2H3. The number of rotatable bonds is 2. The number of halogens is 1. The molecule has 88 valence electrons. The minimum Gasteiger partial charge on any atom is -0.462 e. The molecule has 1 aromatic heterocycles. The third kappa shape index (κ3) is 2.11. The maximum absolute atomic E-state index is 11.8. The fourth-order valence-electron chi connectivity index (χ4n) is 1.78. The van der Waals surface area contributed by atoms with Crippen molar-refractivity contribution in [1.29, 1.82) is 0 Å². The summed E-state index contributed by atoms with van der Waals surface area (Å²) in [6.07, 6.45) is 0. The van der Waals surface area contributed by atoms with Crippen molar-refractivity contribution < 1.29 is 9.53 Å². The van der Waals surface area contributed by atoms with Gasteiger partial charge in [-0.1, -0.05) is 29.8 Å². The molecule has 17 heavy (non-hydrogen) atoms. The van der Waals surface area contributed by atoms with Crippen molar-refractivity contribution in [1.82, 2.24) is 4.98 Å². The van der Waals surface area contributed by atoms with Crippen LogP contribution in [0, 0.1) is 6.92 Å². The van der Waals surface area contributed by atoms with E-state index in [-0.39, 0.29) is 5.15 Å². The summed E-state index contributed by atoms with van der Waals surface area (Å²) in [6.45, 7) is 3.93. The van der Waals surface area contributed by atoms with Crippen LogP contribution in [0.3, 0.4) is 0 Å². The minimum atomic E-state index is -0.423. The number of carbonyl (C=O) groups is 1. The van der Waals surface area contributed by atoms with Crippen LogP contribution in [0.25, 0.3) is 10.9 Å². The molecule has 0 saturated carbocycles. The van der Waals surface area contributed by atoms with Gasteiger partial charge in [-0.3, -0.25) is 0 Å². The molecule has 0 saturated heterocycles. The van der Waals surface area contributed by atoms with Crippen LogP contribution in [0.2, 0.25) is 5.15 Å². The Morgan fingerprint density at radius 1 is 1.41 bits per heavy atom. The number of para-hydroxylation sites is 1. The molecule has 0 amide bonds. The lowest BCUT2D eigenvalue weighted by atomic mass is 10.1. The number of esters is 1. The summed E-state index contributed by atoms with van der Waals surface area (Å²) >= 11 is 6.03. The van der Waals surface area contributed by atoms with Gasteiger partial charge in [-0.2, -0.15) is 0 Å². The first-order chi connectivity index (χ1) is 8.15. The van der Waals surface area contributed by atoms with E-state index in [0.717, 1.165) is 16.5 Å². The first kappa shape index (κ1) is 11.9. The molecule has 0 aliphatic rings. The zero-order valence-corrected chi connectivity index (χ0v) is 10.4. The van der Waals surface area contributed by atoms with Gasteiger partial charge < -0.3 is 4.74 Å². The van der Waals surface area contributed by atoms with Crippen molar-refractivity contribution in [3.63, 3.8) is 0 Å². The molecule has 0 fully saturated rings. The highest BCUT2D eigenvalue weighted by Gasteiger charge is 2.18. The molecule has 1 heterocycles. The van der Waals surface area contributed by atoms with E-state index in [1.54, 1.807) is 6.92 Å². The Morgan fingerprint density at radius 2 is 2.12 bits per heavy atom. The van der Waals surface area contributed by atoms with Crippen LogP contribution >= 0.6 is 11.6 Å². The van der Waals surface area contributed by atoms with Crippen LogP contribution in [0.15, 0.2) is 24.3 Å². The number of aromatic nitrogens is 1. The van der Waals surface area contributed by atoms with Gasteiger partial charge in [0.2, 0.25) is 0 Å². The molecule has 0 aliphatic carbocycles. The minimum absolute atomic E-state index is 0.194. The fourth-order valence-corrected chi connectivity index (χ4v) is 2.09. The van der Waals surface area contributed by atoms with Crippen LogP contribution in [0.1, 0.15) is 22.8 Å². The third-order valence-corrected chi connectivity index (χ3v) is 2.86. The lowest BCUT2D eigenvalue weighted by molar-refractivity contribution is 0.0525. The summed E-state index contributed by atoms with van der Waals surface area (Å²) in [4.78, 5) is 16.0. The average Bonchev–Trinajstić information content (AvgIpc) is 2.29. The number of pyridine rings is 1. The lowest BCUT2D eigenvalue weighted by Gasteiger charge is -2.09. The second-order valence-electron chi connectivity index (χ2n) is 3.64. The molecule has 0 radical (unpaired) electrons. The van der Waals surface area contributed by atoms with E-state index in [1.807, 2.05) is 31.2 Å². The first-order valence-corrected chi connectivity index (χ1v) is 5.75. The van der Waals surface area contributed by atoms with Gasteiger partial charge in [0.25, 0.3) is 0 Å². The topological polar surface area (TPSA) is 39.2 Å². The Kier molecular flexibility index (Phi) is 3.29. The second kappa shape index (κ2) is 4.72. The molecular formula is C13H12ClNO2. The van der Waals surface area contributed by atoms with Crippen LogP contribution in [-0.2, 0) is 4.74 Å². The van der Waals surface area contributed by atoms with Gasteiger partial charge in [0, 0.05) is 5.39 Å². The Balaban J connectivity index is 2.67. The molecule has 0 bridgehead atoms. The zero-order chi connectivity index (χ0) is 12.4. The van der Waals surface area contributed by atoms with Crippen LogP contribution < -0.4 is 0 Å². The zero-order valence-electron chi connectivity index (χ0n) is 9.66. The number of ether oxygens (including phenoxy) is 1. The summed E-state index contributed by atoms with van der Waals surface area (Å²) in [5.74, 6) is -0.423. The van der Waals surface area contributed by atoms with Gasteiger partial charge in [0.1, 0.15) is 10.7 Å². The summed E-state index contributed by atoms with van der Waals surface area (Å²) in [6, 6.07) is 7.56. The summed E-state index contributed by atoms with van der Waals surface area (Å²) in [5, 5.41) is 1.11. The fraction of sp³-hybridized carbons (Fsp3) is 0.231. The smallest absolute Gasteiger partial charge is 0.341 e. The average molecular weight is 250 g/mol. The summed E-state index contributed by atoms with van der Waals surface area (Å²) < 4.78 is 4.98. The summed E-state index contributed by atoms with van der Waals surface area (Å²) in [5.41, 5.74) is 1.94. The van der Waals surface area contributed by atoms with E-state index in [9.17, 15) is 4.79 Å². The number of fused-ring (bicyclic) bond motifs is 1. The van der Waals surface area contributed by atoms with Crippen molar-refractivity contribution in [3.8, 4) is 0 Å². The predicted molar refractivity (Wildman–Crippen MR) is 67.4 cm³/mol. The summed E-state index contributed by atoms with van der Waals surface area (Å²) in [7, 11) is 0. The molecule has 1 aromatic carbocycles.